The van der Waals surface area contributed by atoms with E-state index in [1.54, 1.807) is 0 Å². The van der Waals surface area contributed by atoms with Gasteiger partial charge < -0.3 is 10.1 Å². The maximum absolute atomic E-state index is 12.7. The molecule has 0 aliphatic heterocycles. The minimum absolute atomic E-state index is 0.0133. The van der Waals surface area contributed by atoms with Gasteiger partial charge in [0.15, 0.2) is 0 Å². The van der Waals surface area contributed by atoms with Crippen LogP contribution in [0.5, 0.6) is 0 Å². The van der Waals surface area contributed by atoms with Crippen molar-refractivity contribution in [3.8, 4) is 11.1 Å². The molecule has 3 aliphatic carbocycles. The van der Waals surface area contributed by atoms with Gasteiger partial charge in [-0.05, 0) is 59.8 Å². The average Bonchev–Trinajstić information content (AvgIpc) is 3.66. The normalized spacial score (nSPS) is 17.9. The smallest absolute Gasteiger partial charge is 0.408 e. The molecular formula is C23H22N2O4. The number of nitrogens with one attached hydrogen (secondary N) is 1. The largest absolute Gasteiger partial charge is 0.449 e. The molecule has 2 fully saturated rings. The summed E-state index contributed by atoms with van der Waals surface area (Å²) in [7, 11) is 0. The zero-order chi connectivity index (χ0) is 20.0. The summed E-state index contributed by atoms with van der Waals surface area (Å²) >= 11 is 0. The monoisotopic (exact) mass is 390 g/mol. The molecule has 29 heavy (non-hydrogen) atoms. The Hall–Kier alpha value is -3.02. The second-order valence-corrected chi connectivity index (χ2v) is 8.26. The highest BCUT2D eigenvalue weighted by molar-refractivity contribution is 5.92. The summed E-state index contributed by atoms with van der Waals surface area (Å²) in [5.41, 5.74) is 3.39. The van der Waals surface area contributed by atoms with E-state index in [9.17, 15) is 14.5 Å². The lowest BCUT2D eigenvalue weighted by molar-refractivity contribution is -0.126. The lowest BCUT2D eigenvalue weighted by Crippen LogP contribution is -2.57. The lowest BCUT2D eigenvalue weighted by atomic mass is 9.86. The Balaban J connectivity index is 1.35. The molecule has 1 N–H and O–H groups in total. The first-order valence-electron chi connectivity index (χ1n) is 10.2. The van der Waals surface area contributed by atoms with E-state index in [1.807, 2.05) is 24.3 Å². The van der Waals surface area contributed by atoms with Gasteiger partial charge in [-0.2, -0.15) is 0 Å². The van der Waals surface area contributed by atoms with E-state index in [-0.39, 0.29) is 24.4 Å². The highest BCUT2D eigenvalue weighted by atomic mass is 16.5. The van der Waals surface area contributed by atoms with Crippen molar-refractivity contribution in [2.75, 3.05) is 6.61 Å². The highest BCUT2D eigenvalue weighted by Gasteiger charge is 2.61. The minimum Gasteiger partial charge on any atom is -0.449 e. The Morgan fingerprint density at radius 2 is 1.45 bits per heavy atom. The average molecular weight is 390 g/mol. The molecule has 0 aromatic heterocycles. The Morgan fingerprint density at radius 1 is 0.931 bits per heavy atom. The van der Waals surface area contributed by atoms with Gasteiger partial charge >= 0.3 is 12.0 Å². The van der Waals surface area contributed by atoms with Crippen molar-refractivity contribution < 1.29 is 14.3 Å². The SMILES string of the molecule is O=NC(=O)C(NC(=O)OCC1c2ccccc2-c2ccccc21)(C1CC1)C1CC1. The minimum atomic E-state index is -1.18. The summed E-state index contributed by atoms with van der Waals surface area (Å²) in [5.74, 6) is -0.846. The van der Waals surface area contributed by atoms with Crippen LogP contribution in [0.3, 0.4) is 0 Å². The molecule has 0 atom stereocenters. The summed E-state index contributed by atoms with van der Waals surface area (Å²) in [6, 6.07) is 16.2. The van der Waals surface area contributed by atoms with Crippen LogP contribution in [0.2, 0.25) is 0 Å². The molecule has 6 heteroatoms. The number of nitrogens with zero attached hydrogens (tertiary/aromatic N) is 1. The van der Waals surface area contributed by atoms with Gasteiger partial charge in [-0.15, -0.1) is 4.91 Å². The molecule has 0 saturated heterocycles. The Labute approximate surface area is 168 Å². The standard InChI is InChI=1S/C23H22N2O4/c26-21(25-28)23(14-9-10-14,15-11-12-15)24-22(27)29-13-20-18-7-3-1-5-16(18)17-6-2-4-8-19(17)20/h1-8,14-15,20H,9-13H2,(H,24,27). The number of carbonyl (C=O) groups excluding carboxylic acids is 2. The van der Waals surface area contributed by atoms with Crippen LogP contribution in [0.15, 0.2) is 53.7 Å². The third-order valence-corrected chi connectivity index (χ3v) is 6.53. The van der Waals surface area contributed by atoms with Gasteiger partial charge in [0, 0.05) is 11.1 Å². The van der Waals surface area contributed by atoms with Crippen LogP contribution in [0.1, 0.15) is 42.7 Å². The van der Waals surface area contributed by atoms with Crippen LogP contribution in [0.25, 0.3) is 11.1 Å². The quantitative estimate of drug-likeness (QED) is 0.742. The van der Waals surface area contributed by atoms with Gasteiger partial charge in [0.05, 0.1) is 0 Å². The number of ether oxygens (including phenoxy) is 1. The van der Waals surface area contributed by atoms with Crippen LogP contribution in [-0.2, 0) is 9.53 Å². The third kappa shape index (κ3) is 2.94. The fraction of sp³-hybridized carbons (Fsp3) is 0.391. The molecule has 5 rings (SSSR count). The lowest BCUT2D eigenvalue weighted by Gasteiger charge is -2.30. The van der Waals surface area contributed by atoms with Crippen molar-refractivity contribution in [3.05, 3.63) is 64.6 Å². The second-order valence-electron chi connectivity index (χ2n) is 8.26. The van der Waals surface area contributed by atoms with Crippen molar-refractivity contribution in [2.24, 2.45) is 17.0 Å². The summed E-state index contributed by atoms with van der Waals surface area (Å²) < 4.78 is 5.60. The molecule has 2 aromatic rings. The number of hydrogen-bond donors (Lipinski definition) is 1. The first kappa shape index (κ1) is 18.0. The van der Waals surface area contributed by atoms with Crippen LogP contribution >= 0.6 is 0 Å². The molecule has 148 valence electrons. The molecule has 2 amide bonds. The number of fused-ring (bicyclic) bond motifs is 3. The van der Waals surface area contributed by atoms with E-state index in [0.717, 1.165) is 47.9 Å². The predicted octanol–water partition coefficient (Wildman–Crippen LogP) is 4.38. The second kappa shape index (κ2) is 6.79. The van der Waals surface area contributed by atoms with Crippen molar-refractivity contribution in [3.63, 3.8) is 0 Å². The van der Waals surface area contributed by atoms with E-state index >= 15 is 0 Å². The Morgan fingerprint density at radius 3 is 1.93 bits per heavy atom. The van der Waals surface area contributed by atoms with Crippen LogP contribution in [0.4, 0.5) is 4.79 Å². The Bertz CT molecular complexity index is 936. The van der Waals surface area contributed by atoms with Crippen molar-refractivity contribution in [1.82, 2.24) is 5.32 Å². The van der Waals surface area contributed by atoms with E-state index in [1.165, 1.54) is 0 Å². The first-order chi connectivity index (χ1) is 14.1. The molecule has 2 aromatic carbocycles. The molecule has 0 unspecified atom stereocenters. The molecular weight excluding hydrogens is 368 g/mol. The number of hydrogen-bond acceptors (Lipinski definition) is 4. The number of alkyl carbamates (subject to hydrolysis) is 1. The number of benzene rings is 2. The number of amides is 2. The van der Waals surface area contributed by atoms with Gasteiger partial charge in [0.2, 0.25) is 0 Å². The summed E-state index contributed by atoms with van der Waals surface area (Å²) in [4.78, 5) is 36.1. The van der Waals surface area contributed by atoms with Gasteiger partial charge in [-0.1, -0.05) is 48.5 Å². The van der Waals surface area contributed by atoms with Gasteiger partial charge in [0.1, 0.15) is 12.1 Å². The van der Waals surface area contributed by atoms with E-state index in [4.69, 9.17) is 4.74 Å². The third-order valence-electron chi connectivity index (χ3n) is 6.53. The number of nitroso groups, excluding NO2 is 1. The first-order valence-corrected chi connectivity index (χ1v) is 10.2. The maximum Gasteiger partial charge on any atom is 0.408 e. The topological polar surface area (TPSA) is 84.8 Å². The zero-order valence-corrected chi connectivity index (χ0v) is 16.0. The van der Waals surface area contributed by atoms with E-state index in [0.29, 0.717) is 0 Å². The van der Waals surface area contributed by atoms with E-state index in [2.05, 4.69) is 34.8 Å². The molecule has 0 bridgehead atoms. The maximum atomic E-state index is 12.7. The fourth-order valence-corrected chi connectivity index (χ4v) is 4.90. The highest BCUT2D eigenvalue weighted by Crippen LogP contribution is 2.53. The Kier molecular flexibility index (Phi) is 4.23. The van der Waals surface area contributed by atoms with Crippen molar-refractivity contribution >= 4 is 12.0 Å². The summed E-state index contributed by atoms with van der Waals surface area (Å²) in [6.07, 6.45) is 2.63. The molecule has 2 saturated carbocycles. The van der Waals surface area contributed by atoms with Crippen LogP contribution < -0.4 is 5.32 Å². The van der Waals surface area contributed by atoms with Crippen molar-refractivity contribution in [2.45, 2.75) is 37.1 Å². The predicted molar refractivity (Wildman–Crippen MR) is 107 cm³/mol. The molecule has 0 radical (unpaired) electrons. The molecule has 0 heterocycles. The number of carbonyl (C=O) groups is 2. The van der Waals surface area contributed by atoms with Gasteiger partial charge in [0.25, 0.3) is 0 Å². The van der Waals surface area contributed by atoms with E-state index < -0.39 is 17.5 Å². The number of rotatable bonds is 6. The molecule has 6 nitrogen and oxygen atoms in total. The van der Waals surface area contributed by atoms with Crippen molar-refractivity contribution in [1.29, 1.82) is 0 Å². The van der Waals surface area contributed by atoms with Crippen LogP contribution in [0, 0.1) is 16.7 Å². The van der Waals surface area contributed by atoms with Gasteiger partial charge in [-0.3, -0.25) is 4.79 Å². The zero-order valence-electron chi connectivity index (χ0n) is 16.0. The van der Waals surface area contributed by atoms with Gasteiger partial charge in [-0.25, -0.2) is 4.79 Å². The molecule has 3 aliphatic rings. The summed E-state index contributed by atoms with van der Waals surface area (Å²) in [6.45, 7) is 0.175. The fourth-order valence-electron chi connectivity index (χ4n) is 4.90. The summed E-state index contributed by atoms with van der Waals surface area (Å²) in [5, 5.41) is 5.45. The van der Waals surface area contributed by atoms with Crippen LogP contribution in [-0.4, -0.2) is 24.1 Å². The molecule has 0 spiro atoms.